The number of piperidine rings is 1. The summed E-state index contributed by atoms with van der Waals surface area (Å²) in [6.45, 7) is 0.613. The van der Waals surface area contributed by atoms with Crippen molar-refractivity contribution < 1.29 is 13.2 Å². The zero-order chi connectivity index (χ0) is 14.6. The molecule has 1 unspecified atom stereocenters. The van der Waals surface area contributed by atoms with Gasteiger partial charge in [0.15, 0.2) is 0 Å². The number of sulfonamides is 1. The van der Waals surface area contributed by atoms with E-state index >= 15 is 0 Å². The quantitative estimate of drug-likeness (QED) is 0.905. The lowest BCUT2D eigenvalue weighted by Gasteiger charge is -2.29. The zero-order valence-electron chi connectivity index (χ0n) is 11.1. The summed E-state index contributed by atoms with van der Waals surface area (Å²) in [4.78, 5) is 11.2. The Morgan fingerprint density at radius 1 is 1.30 bits per heavy atom. The van der Waals surface area contributed by atoms with Crippen LogP contribution >= 0.6 is 0 Å². The summed E-state index contributed by atoms with van der Waals surface area (Å²) >= 11 is 0. The van der Waals surface area contributed by atoms with E-state index in [-0.39, 0.29) is 12.5 Å². The van der Waals surface area contributed by atoms with Crippen LogP contribution in [0.25, 0.3) is 6.08 Å². The highest BCUT2D eigenvalue weighted by molar-refractivity contribution is 7.92. The Bertz CT molecular complexity index is 596. The zero-order valence-corrected chi connectivity index (χ0v) is 11.9. The second kappa shape index (κ2) is 6.19. The average Bonchev–Trinajstić information content (AvgIpc) is 2.46. The lowest BCUT2D eigenvalue weighted by Crippen LogP contribution is -2.43. The topological polar surface area (TPSA) is 80.5 Å². The van der Waals surface area contributed by atoms with Crippen LogP contribution in [0, 0.1) is 5.92 Å². The van der Waals surface area contributed by atoms with Crippen LogP contribution in [0.1, 0.15) is 18.4 Å². The molecule has 2 N–H and O–H groups in total. The Labute approximate surface area is 119 Å². The minimum Gasteiger partial charge on any atom is -0.369 e. The molecule has 1 aromatic carbocycles. The van der Waals surface area contributed by atoms with Crippen LogP contribution in [0.3, 0.4) is 0 Å². The Morgan fingerprint density at radius 2 is 2.00 bits per heavy atom. The van der Waals surface area contributed by atoms with Crippen molar-refractivity contribution in [3.63, 3.8) is 0 Å². The molecule has 108 valence electrons. The van der Waals surface area contributed by atoms with Gasteiger partial charge in [0.25, 0.3) is 0 Å². The van der Waals surface area contributed by atoms with Gasteiger partial charge in [-0.1, -0.05) is 30.3 Å². The highest BCUT2D eigenvalue weighted by atomic mass is 32.2. The molecule has 1 aliphatic heterocycles. The summed E-state index contributed by atoms with van der Waals surface area (Å²) < 4.78 is 25.8. The van der Waals surface area contributed by atoms with Gasteiger partial charge in [0.2, 0.25) is 15.9 Å². The number of rotatable bonds is 4. The van der Waals surface area contributed by atoms with Crippen LogP contribution in [0.5, 0.6) is 0 Å². The van der Waals surface area contributed by atoms with Crippen molar-refractivity contribution in [1.82, 2.24) is 4.31 Å². The number of amides is 1. The predicted molar refractivity (Wildman–Crippen MR) is 77.9 cm³/mol. The van der Waals surface area contributed by atoms with Crippen molar-refractivity contribution in [3.8, 4) is 0 Å². The van der Waals surface area contributed by atoms with E-state index in [1.165, 1.54) is 9.71 Å². The van der Waals surface area contributed by atoms with E-state index in [0.29, 0.717) is 19.4 Å². The van der Waals surface area contributed by atoms with Gasteiger partial charge in [0, 0.05) is 18.5 Å². The standard InChI is InChI=1S/C14H18N2O3S/c15-14(17)13-7-4-9-16(11-13)20(18,19)10-8-12-5-2-1-3-6-12/h1-3,5-6,8,10,13H,4,7,9,11H2,(H2,15,17)/b10-8+. The smallest absolute Gasteiger partial charge is 0.236 e. The van der Waals surface area contributed by atoms with Gasteiger partial charge in [-0.2, -0.15) is 4.31 Å². The molecule has 0 aliphatic carbocycles. The number of carbonyl (C=O) groups excluding carboxylic acids is 1. The summed E-state index contributed by atoms with van der Waals surface area (Å²) in [7, 11) is -3.50. The van der Waals surface area contributed by atoms with Crippen molar-refractivity contribution in [2.75, 3.05) is 13.1 Å². The molecular weight excluding hydrogens is 276 g/mol. The highest BCUT2D eigenvalue weighted by Gasteiger charge is 2.29. The number of benzene rings is 1. The van der Waals surface area contributed by atoms with Crippen molar-refractivity contribution >= 4 is 22.0 Å². The Hall–Kier alpha value is -1.66. The molecule has 6 heteroatoms. The summed E-state index contributed by atoms with van der Waals surface area (Å²) in [5.74, 6) is -0.819. The molecule has 1 aliphatic rings. The fourth-order valence-electron chi connectivity index (χ4n) is 2.22. The van der Waals surface area contributed by atoms with Gasteiger partial charge in [-0.3, -0.25) is 4.79 Å². The van der Waals surface area contributed by atoms with Crippen LogP contribution in [-0.2, 0) is 14.8 Å². The van der Waals surface area contributed by atoms with Gasteiger partial charge in [0.1, 0.15) is 0 Å². The lowest BCUT2D eigenvalue weighted by molar-refractivity contribution is -0.122. The van der Waals surface area contributed by atoms with Crippen molar-refractivity contribution in [2.24, 2.45) is 11.7 Å². The number of hydrogen-bond acceptors (Lipinski definition) is 3. The van der Waals surface area contributed by atoms with E-state index in [1.54, 1.807) is 6.08 Å². The molecule has 1 atom stereocenters. The number of hydrogen-bond donors (Lipinski definition) is 1. The van der Waals surface area contributed by atoms with Crippen molar-refractivity contribution in [1.29, 1.82) is 0 Å². The van der Waals surface area contributed by atoms with Crippen molar-refractivity contribution in [3.05, 3.63) is 41.3 Å². The molecular formula is C14H18N2O3S. The maximum Gasteiger partial charge on any atom is 0.236 e. The Morgan fingerprint density at radius 3 is 2.65 bits per heavy atom. The number of nitrogens with two attached hydrogens (primary N) is 1. The van der Waals surface area contributed by atoms with E-state index < -0.39 is 15.9 Å². The molecule has 5 nitrogen and oxygen atoms in total. The predicted octanol–water partition coefficient (Wildman–Crippen LogP) is 1.18. The minimum atomic E-state index is -3.50. The largest absolute Gasteiger partial charge is 0.369 e. The van der Waals surface area contributed by atoms with Crippen LogP contribution in [0.15, 0.2) is 35.7 Å². The molecule has 1 aromatic rings. The van der Waals surface area contributed by atoms with E-state index in [1.807, 2.05) is 30.3 Å². The van der Waals surface area contributed by atoms with Gasteiger partial charge in [-0.15, -0.1) is 0 Å². The minimum absolute atomic E-state index is 0.177. The average molecular weight is 294 g/mol. The van der Waals surface area contributed by atoms with E-state index in [0.717, 1.165) is 5.56 Å². The lowest BCUT2D eigenvalue weighted by atomic mass is 9.99. The molecule has 0 radical (unpaired) electrons. The molecule has 0 spiro atoms. The molecule has 1 amide bonds. The summed E-state index contributed by atoms with van der Waals surface area (Å²) in [5, 5.41) is 1.19. The first-order valence-electron chi connectivity index (χ1n) is 6.51. The summed E-state index contributed by atoms with van der Waals surface area (Å²) in [5.41, 5.74) is 6.08. The number of nitrogens with zero attached hydrogens (tertiary/aromatic N) is 1. The highest BCUT2D eigenvalue weighted by Crippen LogP contribution is 2.20. The third kappa shape index (κ3) is 3.68. The Balaban J connectivity index is 2.10. The summed E-state index contributed by atoms with van der Waals surface area (Å²) in [6.07, 6.45) is 2.87. The van der Waals surface area contributed by atoms with Crippen LogP contribution in [-0.4, -0.2) is 31.7 Å². The van der Waals surface area contributed by atoms with E-state index in [4.69, 9.17) is 5.73 Å². The van der Waals surface area contributed by atoms with Crippen LogP contribution in [0.2, 0.25) is 0 Å². The second-order valence-electron chi connectivity index (χ2n) is 4.86. The van der Waals surface area contributed by atoms with Gasteiger partial charge in [-0.05, 0) is 24.5 Å². The SMILES string of the molecule is NC(=O)C1CCCN(S(=O)(=O)/C=C/c2ccccc2)C1. The third-order valence-corrected chi connectivity index (χ3v) is 4.91. The molecule has 1 heterocycles. The molecule has 20 heavy (non-hydrogen) atoms. The maximum atomic E-state index is 12.2. The molecule has 0 bridgehead atoms. The first kappa shape index (κ1) is 14.7. The second-order valence-corrected chi connectivity index (χ2v) is 6.68. The monoisotopic (exact) mass is 294 g/mol. The normalized spacial score (nSPS) is 21.1. The van der Waals surface area contributed by atoms with Crippen molar-refractivity contribution in [2.45, 2.75) is 12.8 Å². The van der Waals surface area contributed by atoms with Crippen LogP contribution < -0.4 is 5.73 Å². The first-order chi connectivity index (χ1) is 9.49. The van der Waals surface area contributed by atoms with E-state index in [9.17, 15) is 13.2 Å². The molecule has 1 saturated heterocycles. The Kier molecular flexibility index (Phi) is 4.57. The fourth-order valence-corrected chi connectivity index (χ4v) is 3.49. The van der Waals surface area contributed by atoms with E-state index in [2.05, 4.69) is 0 Å². The van der Waals surface area contributed by atoms with Gasteiger partial charge >= 0.3 is 0 Å². The molecule has 0 aromatic heterocycles. The summed E-state index contributed by atoms with van der Waals surface area (Å²) in [6, 6.07) is 9.21. The maximum absolute atomic E-state index is 12.2. The fraction of sp³-hybridized carbons (Fsp3) is 0.357. The molecule has 2 rings (SSSR count). The van der Waals surface area contributed by atoms with Crippen LogP contribution in [0.4, 0.5) is 0 Å². The van der Waals surface area contributed by atoms with Gasteiger partial charge in [0.05, 0.1) is 5.92 Å². The number of primary amides is 1. The molecule has 1 fully saturated rings. The van der Waals surface area contributed by atoms with Gasteiger partial charge in [-0.25, -0.2) is 8.42 Å². The third-order valence-electron chi connectivity index (χ3n) is 3.38. The first-order valence-corrected chi connectivity index (χ1v) is 8.02. The molecule has 0 saturated carbocycles. The number of carbonyl (C=O) groups is 1. The van der Waals surface area contributed by atoms with Gasteiger partial charge < -0.3 is 5.73 Å².